The molecule has 1 heterocycles. The van der Waals surface area contributed by atoms with Gasteiger partial charge in [-0.1, -0.05) is 16.9 Å². The molecule has 1 aromatic heterocycles. The zero-order chi connectivity index (χ0) is 12.3. The molecule has 1 unspecified atom stereocenters. The second-order valence-corrected chi connectivity index (χ2v) is 5.29. The highest BCUT2D eigenvalue weighted by Gasteiger charge is 2.20. The maximum absolute atomic E-state index is 4.05. The van der Waals surface area contributed by atoms with E-state index in [1.807, 2.05) is 18.8 Å². The number of aryl methyl sites for hydroxylation is 1. The molecule has 94 valence electrons. The molecule has 0 radical (unpaired) electrons. The van der Waals surface area contributed by atoms with Crippen LogP contribution in [-0.2, 0) is 7.05 Å². The highest BCUT2D eigenvalue weighted by atomic mass is 79.9. The fourth-order valence-electron chi connectivity index (χ4n) is 2.40. The summed E-state index contributed by atoms with van der Waals surface area (Å²) in [6, 6.07) is 0.286. The van der Waals surface area contributed by atoms with Crippen LogP contribution in [0.5, 0.6) is 0 Å². The van der Waals surface area contributed by atoms with Gasteiger partial charge in [-0.2, -0.15) is 0 Å². The van der Waals surface area contributed by atoms with Crippen molar-refractivity contribution in [1.29, 1.82) is 0 Å². The third-order valence-electron chi connectivity index (χ3n) is 3.36. The number of hydrogen-bond acceptors (Lipinski definition) is 3. The van der Waals surface area contributed by atoms with E-state index in [0.717, 1.165) is 16.7 Å². The van der Waals surface area contributed by atoms with Crippen molar-refractivity contribution in [3.63, 3.8) is 0 Å². The molecule has 0 bridgehead atoms. The smallest absolute Gasteiger partial charge is 0.153 e. The summed E-state index contributed by atoms with van der Waals surface area (Å²) in [5.41, 5.74) is 2.68. The van der Waals surface area contributed by atoms with Crippen LogP contribution in [-0.4, -0.2) is 22.0 Å². The molecule has 17 heavy (non-hydrogen) atoms. The lowest BCUT2D eigenvalue weighted by atomic mass is 9.93. The Kier molecular flexibility index (Phi) is 4.34. The maximum Gasteiger partial charge on any atom is 0.153 e. The highest BCUT2D eigenvalue weighted by molar-refractivity contribution is 9.10. The number of rotatable bonds is 4. The lowest BCUT2D eigenvalue weighted by Crippen LogP contribution is -2.20. The highest BCUT2D eigenvalue weighted by Crippen LogP contribution is 2.29. The molecule has 0 aliphatic heterocycles. The average molecular weight is 299 g/mol. The summed E-state index contributed by atoms with van der Waals surface area (Å²) in [5.74, 6) is 0. The first-order valence-electron chi connectivity index (χ1n) is 6.12. The minimum absolute atomic E-state index is 0.286. The summed E-state index contributed by atoms with van der Waals surface area (Å²) in [4.78, 5) is 0. The fraction of sp³-hybridized carbons (Fsp3) is 0.667. The quantitative estimate of drug-likeness (QED) is 0.869. The molecule has 5 heteroatoms. The van der Waals surface area contributed by atoms with E-state index < -0.39 is 0 Å². The second-order valence-electron chi connectivity index (χ2n) is 4.54. The predicted octanol–water partition coefficient (Wildman–Crippen LogP) is 2.73. The van der Waals surface area contributed by atoms with Crippen molar-refractivity contribution in [2.75, 3.05) is 7.05 Å². The van der Waals surface area contributed by atoms with Crippen LogP contribution in [0.25, 0.3) is 0 Å². The van der Waals surface area contributed by atoms with Gasteiger partial charge in [-0.15, -0.1) is 5.10 Å². The molecule has 1 aromatic rings. The van der Waals surface area contributed by atoms with Crippen LogP contribution in [0, 0.1) is 0 Å². The minimum Gasteiger partial charge on any atom is -0.311 e. The second kappa shape index (κ2) is 5.78. The van der Waals surface area contributed by atoms with Crippen LogP contribution in [0.2, 0.25) is 0 Å². The maximum atomic E-state index is 4.05. The molecule has 1 N–H and O–H groups in total. The first-order chi connectivity index (χ1) is 8.22. The van der Waals surface area contributed by atoms with Crippen molar-refractivity contribution < 1.29 is 0 Å². The topological polar surface area (TPSA) is 42.7 Å². The van der Waals surface area contributed by atoms with Gasteiger partial charge < -0.3 is 5.32 Å². The van der Waals surface area contributed by atoms with E-state index >= 15 is 0 Å². The van der Waals surface area contributed by atoms with E-state index in [1.54, 1.807) is 5.57 Å². The monoisotopic (exact) mass is 298 g/mol. The zero-order valence-corrected chi connectivity index (χ0v) is 12.0. The summed E-state index contributed by atoms with van der Waals surface area (Å²) in [7, 11) is 3.93. The molecule has 0 aromatic carbocycles. The molecular weight excluding hydrogens is 280 g/mol. The van der Waals surface area contributed by atoms with Gasteiger partial charge in [0.05, 0.1) is 11.7 Å². The van der Waals surface area contributed by atoms with Gasteiger partial charge in [0.15, 0.2) is 4.60 Å². The van der Waals surface area contributed by atoms with E-state index in [9.17, 15) is 0 Å². The van der Waals surface area contributed by atoms with Crippen LogP contribution < -0.4 is 5.32 Å². The van der Waals surface area contributed by atoms with Crippen molar-refractivity contribution in [3.8, 4) is 0 Å². The van der Waals surface area contributed by atoms with Crippen LogP contribution in [0.4, 0.5) is 0 Å². The molecule has 4 nitrogen and oxygen atoms in total. The Balaban J connectivity index is 2.14. The van der Waals surface area contributed by atoms with E-state index in [2.05, 4.69) is 37.6 Å². The van der Waals surface area contributed by atoms with Gasteiger partial charge in [0.25, 0.3) is 0 Å². The van der Waals surface area contributed by atoms with Gasteiger partial charge >= 0.3 is 0 Å². The van der Waals surface area contributed by atoms with E-state index in [0.29, 0.717) is 0 Å². The summed E-state index contributed by atoms with van der Waals surface area (Å²) in [6.45, 7) is 0. The number of halogens is 1. The third kappa shape index (κ3) is 2.96. The Morgan fingerprint density at radius 2 is 2.35 bits per heavy atom. The molecule has 1 aliphatic rings. The Hall–Kier alpha value is -0.680. The molecule has 2 rings (SSSR count). The Bertz CT molecular complexity index is 391. The van der Waals surface area contributed by atoms with Gasteiger partial charge in [-0.25, -0.2) is 4.68 Å². The summed E-state index contributed by atoms with van der Waals surface area (Å²) >= 11 is 3.47. The molecule has 0 spiro atoms. The van der Waals surface area contributed by atoms with E-state index in [-0.39, 0.29) is 6.04 Å². The van der Waals surface area contributed by atoms with Crippen LogP contribution in [0.1, 0.15) is 43.8 Å². The largest absolute Gasteiger partial charge is 0.311 e. The Morgan fingerprint density at radius 3 is 2.88 bits per heavy atom. The first-order valence-corrected chi connectivity index (χ1v) is 6.92. The summed E-state index contributed by atoms with van der Waals surface area (Å²) in [6.07, 6.45) is 8.58. The van der Waals surface area contributed by atoms with Gasteiger partial charge in [0.1, 0.15) is 0 Å². The zero-order valence-electron chi connectivity index (χ0n) is 10.4. The molecule has 1 aliphatic carbocycles. The number of allylic oxidation sites excluding steroid dienone is 1. The molecule has 1 atom stereocenters. The Morgan fingerprint density at radius 1 is 1.53 bits per heavy atom. The van der Waals surface area contributed by atoms with E-state index in [1.165, 1.54) is 25.7 Å². The number of nitrogens with one attached hydrogen (secondary N) is 1. The van der Waals surface area contributed by atoms with Crippen molar-refractivity contribution in [3.05, 3.63) is 21.9 Å². The first kappa shape index (κ1) is 12.8. The lowest BCUT2D eigenvalue weighted by Gasteiger charge is -2.20. The van der Waals surface area contributed by atoms with Gasteiger partial charge in [-0.3, -0.25) is 0 Å². The number of aromatic nitrogens is 3. The number of nitrogens with zero attached hydrogens (tertiary/aromatic N) is 3. The third-order valence-corrected chi connectivity index (χ3v) is 3.92. The van der Waals surface area contributed by atoms with Crippen molar-refractivity contribution >= 4 is 15.9 Å². The summed E-state index contributed by atoms with van der Waals surface area (Å²) in [5, 5.41) is 11.4. The van der Waals surface area contributed by atoms with Crippen molar-refractivity contribution in [2.45, 2.75) is 38.1 Å². The molecule has 0 saturated carbocycles. The summed E-state index contributed by atoms with van der Waals surface area (Å²) < 4.78 is 2.69. The predicted molar refractivity (Wildman–Crippen MR) is 71.7 cm³/mol. The van der Waals surface area contributed by atoms with Gasteiger partial charge in [0, 0.05) is 7.05 Å². The normalized spacial score (nSPS) is 17.9. The average Bonchev–Trinajstić information content (AvgIpc) is 2.68. The molecular formula is C12H19BrN4. The molecule has 0 saturated heterocycles. The standard InChI is InChI=1S/C12H19BrN4/c1-14-10(8-9-6-4-3-5-7-9)11-12(13)15-16-17(11)2/h6,10,14H,3-5,7-8H2,1-2H3. The van der Waals surface area contributed by atoms with E-state index in [4.69, 9.17) is 0 Å². The van der Waals surface area contributed by atoms with Gasteiger partial charge in [-0.05, 0) is 55.1 Å². The molecule has 0 amide bonds. The number of hydrogen-bond donors (Lipinski definition) is 1. The van der Waals surface area contributed by atoms with Crippen LogP contribution in [0.15, 0.2) is 16.3 Å². The lowest BCUT2D eigenvalue weighted by molar-refractivity contribution is 0.515. The van der Waals surface area contributed by atoms with Gasteiger partial charge in [0.2, 0.25) is 0 Å². The van der Waals surface area contributed by atoms with Crippen LogP contribution >= 0.6 is 15.9 Å². The van der Waals surface area contributed by atoms with Crippen molar-refractivity contribution in [2.24, 2.45) is 7.05 Å². The Labute approximate surface area is 111 Å². The fourth-order valence-corrected chi connectivity index (χ4v) is 3.00. The van der Waals surface area contributed by atoms with Crippen molar-refractivity contribution in [1.82, 2.24) is 20.3 Å². The SMILES string of the molecule is CNC(CC1=CCCCC1)c1c(Br)nnn1C. The molecule has 0 fully saturated rings. The minimum atomic E-state index is 0.286. The van der Waals surface area contributed by atoms with Crippen LogP contribution in [0.3, 0.4) is 0 Å².